The van der Waals surface area contributed by atoms with Crippen LogP contribution < -0.4 is 5.32 Å². The van der Waals surface area contributed by atoms with Crippen molar-refractivity contribution in [3.05, 3.63) is 90.3 Å². The first-order valence-electron chi connectivity index (χ1n) is 10.1. The first-order valence-corrected chi connectivity index (χ1v) is 10.1. The second-order valence-electron chi connectivity index (χ2n) is 7.70. The molecular formula is C25H18N4O2. The Morgan fingerprint density at radius 2 is 1.77 bits per heavy atom. The number of anilines is 1. The number of fused-ring (bicyclic) bond motifs is 3. The number of benzene rings is 3. The lowest BCUT2D eigenvalue weighted by Gasteiger charge is -2.26. The number of carbonyl (C=O) groups excluding carboxylic acids is 1. The smallest absolute Gasteiger partial charge is 0.412 e. The molecule has 1 amide bonds. The minimum absolute atomic E-state index is 0.380. The maximum Gasteiger partial charge on any atom is 0.412 e. The van der Waals surface area contributed by atoms with Gasteiger partial charge >= 0.3 is 6.09 Å². The Morgan fingerprint density at radius 3 is 2.65 bits per heavy atom. The summed E-state index contributed by atoms with van der Waals surface area (Å²) in [5, 5.41) is 13.7. The van der Waals surface area contributed by atoms with Gasteiger partial charge in [0.1, 0.15) is 11.8 Å². The summed E-state index contributed by atoms with van der Waals surface area (Å²) in [5.74, 6) is 0. The highest BCUT2D eigenvalue weighted by Crippen LogP contribution is 2.38. The van der Waals surface area contributed by atoms with Crippen LogP contribution >= 0.6 is 0 Å². The van der Waals surface area contributed by atoms with Crippen molar-refractivity contribution < 1.29 is 9.53 Å². The van der Waals surface area contributed by atoms with Crippen LogP contribution in [0.5, 0.6) is 0 Å². The van der Waals surface area contributed by atoms with Gasteiger partial charge in [-0.1, -0.05) is 42.5 Å². The number of carbonyl (C=O) groups is 1. The quantitative estimate of drug-likeness (QED) is 0.407. The Morgan fingerprint density at radius 1 is 0.935 bits per heavy atom. The van der Waals surface area contributed by atoms with Gasteiger partial charge in [0.05, 0.1) is 11.2 Å². The zero-order chi connectivity index (χ0) is 20.8. The molecule has 0 saturated heterocycles. The number of hydrogen-bond donors (Lipinski definition) is 2. The minimum atomic E-state index is -0.438. The second-order valence-corrected chi connectivity index (χ2v) is 7.70. The van der Waals surface area contributed by atoms with Crippen molar-refractivity contribution >= 4 is 33.5 Å². The predicted molar refractivity (Wildman–Crippen MR) is 120 cm³/mol. The normalized spacial score (nSPS) is 15.5. The van der Waals surface area contributed by atoms with Crippen LogP contribution in [0.4, 0.5) is 10.5 Å². The summed E-state index contributed by atoms with van der Waals surface area (Å²) >= 11 is 0. The highest BCUT2D eigenvalue weighted by Gasteiger charge is 2.28. The van der Waals surface area contributed by atoms with Gasteiger partial charge in [0.15, 0.2) is 0 Å². The molecule has 1 atom stereocenters. The third-order valence-electron chi connectivity index (χ3n) is 5.75. The fourth-order valence-corrected chi connectivity index (χ4v) is 4.25. The lowest BCUT2D eigenvalue weighted by molar-refractivity contribution is 0.106. The Labute approximate surface area is 177 Å². The van der Waals surface area contributed by atoms with Crippen molar-refractivity contribution in [2.45, 2.75) is 12.5 Å². The number of ether oxygens (including phenoxy) is 1. The standard InChI is InChI=1S/C25H18N4O2/c30-25-27-21-14-22-20(24(29-28-22)17-7-9-26-10-8-17)13-19(21)23(31-25)12-15-5-6-16-3-1-2-4-18(16)11-15/h1-11,13-14,23H,12H2,(H,27,30)(H,28,29). The second kappa shape index (κ2) is 6.95. The molecule has 0 aliphatic carbocycles. The number of aromatic nitrogens is 3. The van der Waals surface area contributed by atoms with Gasteiger partial charge in [0.2, 0.25) is 0 Å². The van der Waals surface area contributed by atoms with Crippen LogP contribution in [-0.4, -0.2) is 21.3 Å². The van der Waals surface area contributed by atoms with Gasteiger partial charge in [-0.25, -0.2) is 4.79 Å². The Hall–Kier alpha value is -4.19. The van der Waals surface area contributed by atoms with Gasteiger partial charge in [-0.3, -0.25) is 15.4 Å². The predicted octanol–water partition coefficient (Wildman–Crippen LogP) is 5.62. The summed E-state index contributed by atoms with van der Waals surface area (Å²) in [6.45, 7) is 0. The van der Waals surface area contributed by atoms with E-state index in [-0.39, 0.29) is 6.10 Å². The number of H-pyrrole nitrogens is 1. The number of nitrogens with one attached hydrogen (secondary N) is 2. The van der Waals surface area contributed by atoms with Crippen molar-refractivity contribution in [2.75, 3.05) is 5.32 Å². The molecule has 1 aliphatic rings. The molecule has 150 valence electrons. The van der Waals surface area contributed by atoms with E-state index in [1.54, 1.807) is 12.4 Å². The van der Waals surface area contributed by atoms with Crippen LogP contribution in [-0.2, 0) is 11.2 Å². The number of aromatic amines is 1. The Bertz CT molecular complexity index is 1440. The molecule has 31 heavy (non-hydrogen) atoms. The summed E-state index contributed by atoms with van der Waals surface area (Å²) in [7, 11) is 0. The van der Waals surface area contributed by atoms with Crippen LogP contribution in [0.1, 0.15) is 17.2 Å². The van der Waals surface area contributed by atoms with Crippen LogP contribution in [0.25, 0.3) is 32.9 Å². The molecule has 1 unspecified atom stereocenters. The minimum Gasteiger partial charge on any atom is -0.441 e. The van der Waals surface area contributed by atoms with Gasteiger partial charge in [-0.2, -0.15) is 5.10 Å². The average molecular weight is 406 g/mol. The lowest BCUT2D eigenvalue weighted by atomic mass is 9.95. The molecule has 5 aromatic rings. The number of amides is 1. The molecule has 3 aromatic carbocycles. The highest BCUT2D eigenvalue weighted by atomic mass is 16.6. The van der Waals surface area contributed by atoms with Crippen molar-refractivity contribution in [3.8, 4) is 11.3 Å². The van der Waals surface area contributed by atoms with E-state index in [0.717, 1.165) is 39.0 Å². The molecule has 0 bridgehead atoms. The SMILES string of the molecule is O=C1Nc2cc3[nH]nc(-c4ccncc4)c3cc2C(Cc2ccc3ccccc3c2)O1. The number of pyridine rings is 1. The molecule has 2 N–H and O–H groups in total. The van der Waals surface area contributed by atoms with Crippen LogP contribution in [0.3, 0.4) is 0 Å². The van der Waals surface area contributed by atoms with Gasteiger partial charge in [0, 0.05) is 35.3 Å². The number of cyclic esters (lactones) is 1. The summed E-state index contributed by atoms with van der Waals surface area (Å²) < 4.78 is 5.71. The molecule has 3 heterocycles. The number of hydrogen-bond acceptors (Lipinski definition) is 4. The summed E-state index contributed by atoms with van der Waals surface area (Å²) in [4.78, 5) is 16.3. The zero-order valence-electron chi connectivity index (χ0n) is 16.5. The van der Waals surface area contributed by atoms with Crippen LogP contribution in [0.15, 0.2) is 79.1 Å². The third kappa shape index (κ3) is 3.09. The maximum absolute atomic E-state index is 12.2. The molecule has 6 nitrogen and oxygen atoms in total. The van der Waals surface area contributed by atoms with Crippen molar-refractivity contribution in [1.29, 1.82) is 0 Å². The first kappa shape index (κ1) is 17.7. The summed E-state index contributed by atoms with van der Waals surface area (Å²) in [5.41, 5.74) is 5.49. The van der Waals surface area contributed by atoms with E-state index in [2.05, 4.69) is 56.9 Å². The fraction of sp³-hybridized carbons (Fsp3) is 0.0800. The number of nitrogens with zero attached hydrogens (tertiary/aromatic N) is 2. The van der Waals surface area contributed by atoms with Crippen molar-refractivity contribution in [1.82, 2.24) is 15.2 Å². The topological polar surface area (TPSA) is 79.9 Å². The molecule has 1 aliphatic heterocycles. The summed E-state index contributed by atoms with van der Waals surface area (Å²) in [6, 6.07) is 22.5. The van der Waals surface area contributed by atoms with E-state index in [1.807, 2.05) is 30.3 Å². The molecule has 0 spiro atoms. The summed E-state index contributed by atoms with van der Waals surface area (Å²) in [6.07, 6.45) is 3.28. The lowest BCUT2D eigenvalue weighted by Crippen LogP contribution is -2.25. The molecule has 0 radical (unpaired) electrons. The Kier molecular flexibility index (Phi) is 3.96. The van der Waals surface area contributed by atoms with Gasteiger partial charge in [0.25, 0.3) is 0 Å². The maximum atomic E-state index is 12.2. The molecule has 6 heteroatoms. The van der Waals surface area contributed by atoms with Gasteiger partial charge in [-0.05, 0) is 40.6 Å². The fourth-order valence-electron chi connectivity index (χ4n) is 4.25. The monoisotopic (exact) mass is 406 g/mol. The van der Waals surface area contributed by atoms with Crippen molar-refractivity contribution in [3.63, 3.8) is 0 Å². The van der Waals surface area contributed by atoms with E-state index in [9.17, 15) is 4.79 Å². The highest BCUT2D eigenvalue weighted by molar-refractivity contribution is 5.99. The Balaban J connectivity index is 1.43. The van der Waals surface area contributed by atoms with E-state index < -0.39 is 6.09 Å². The van der Waals surface area contributed by atoms with E-state index in [4.69, 9.17) is 4.74 Å². The van der Waals surface area contributed by atoms with Crippen molar-refractivity contribution in [2.24, 2.45) is 0 Å². The van der Waals surface area contributed by atoms with Gasteiger partial charge in [-0.15, -0.1) is 0 Å². The van der Waals surface area contributed by atoms with E-state index in [0.29, 0.717) is 6.42 Å². The average Bonchev–Trinajstić information content (AvgIpc) is 3.21. The third-order valence-corrected chi connectivity index (χ3v) is 5.75. The molecule has 2 aromatic heterocycles. The zero-order valence-corrected chi connectivity index (χ0v) is 16.5. The van der Waals surface area contributed by atoms with E-state index in [1.165, 1.54) is 10.8 Å². The largest absolute Gasteiger partial charge is 0.441 e. The van der Waals surface area contributed by atoms with Crippen LogP contribution in [0.2, 0.25) is 0 Å². The molecule has 0 fully saturated rings. The number of rotatable bonds is 3. The van der Waals surface area contributed by atoms with Crippen LogP contribution in [0, 0.1) is 0 Å². The van der Waals surface area contributed by atoms with E-state index >= 15 is 0 Å². The van der Waals surface area contributed by atoms with Gasteiger partial charge < -0.3 is 4.74 Å². The first-order chi connectivity index (χ1) is 15.2. The molecule has 6 rings (SSSR count). The molecular weight excluding hydrogens is 388 g/mol. The molecule has 0 saturated carbocycles.